The standard InChI is InChI=1S/C23H18N4O.C3H10N2/c1-28-18-8-6-16(7-9-18)20-14-21-19(5-2-11-25-21)23(26-20)27-13-3-4-17-15-24-12-10-22(17)27;4-2-1-3-5/h2-12,14-15H,13H2,1H3;1-5H2. The summed E-state index contributed by atoms with van der Waals surface area (Å²) in [6, 6.07) is 16.0. The molecule has 4 heterocycles. The van der Waals surface area contributed by atoms with Crippen molar-refractivity contribution in [2.75, 3.05) is 31.6 Å². The van der Waals surface area contributed by atoms with Gasteiger partial charge in [-0.15, -0.1) is 0 Å². The Balaban J connectivity index is 0.000000471. The Hall–Kier alpha value is -3.81. The van der Waals surface area contributed by atoms with Gasteiger partial charge in [0.25, 0.3) is 0 Å². The number of hydrogen-bond acceptors (Lipinski definition) is 7. The number of anilines is 2. The highest BCUT2D eigenvalue weighted by Crippen LogP contribution is 2.36. The van der Waals surface area contributed by atoms with Crippen LogP contribution in [0.25, 0.3) is 28.2 Å². The zero-order valence-electron chi connectivity index (χ0n) is 18.7. The number of ether oxygens (including phenoxy) is 1. The van der Waals surface area contributed by atoms with Gasteiger partial charge in [-0.25, -0.2) is 4.98 Å². The summed E-state index contributed by atoms with van der Waals surface area (Å²) in [4.78, 5) is 16.1. The van der Waals surface area contributed by atoms with Crippen molar-refractivity contribution in [3.63, 3.8) is 0 Å². The van der Waals surface area contributed by atoms with Crippen LogP contribution in [-0.2, 0) is 0 Å². The summed E-state index contributed by atoms with van der Waals surface area (Å²) in [5.74, 6) is 1.72. The van der Waals surface area contributed by atoms with Gasteiger partial charge in [-0.05, 0) is 68.0 Å². The molecule has 0 aliphatic carbocycles. The van der Waals surface area contributed by atoms with Crippen LogP contribution in [0.15, 0.2) is 73.2 Å². The molecule has 1 aliphatic rings. The van der Waals surface area contributed by atoms with E-state index in [1.165, 1.54) is 0 Å². The number of methoxy groups -OCH3 is 1. The van der Waals surface area contributed by atoms with Gasteiger partial charge in [0.15, 0.2) is 0 Å². The number of fused-ring (bicyclic) bond motifs is 2. The molecule has 0 fully saturated rings. The van der Waals surface area contributed by atoms with Gasteiger partial charge in [0.05, 0.1) is 24.0 Å². The maximum atomic E-state index is 5.28. The van der Waals surface area contributed by atoms with Crippen LogP contribution in [0.2, 0.25) is 0 Å². The van der Waals surface area contributed by atoms with E-state index in [1.54, 1.807) is 7.11 Å². The van der Waals surface area contributed by atoms with E-state index in [9.17, 15) is 0 Å². The Morgan fingerprint density at radius 1 is 1.03 bits per heavy atom. The Labute approximate surface area is 193 Å². The molecular weight excluding hydrogens is 412 g/mol. The van der Waals surface area contributed by atoms with Gasteiger partial charge < -0.3 is 21.1 Å². The lowest BCUT2D eigenvalue weighted by Gasteiger charge is -2.28. The van der Waals surface area contributed by atoms with E-state index in [2.05, 4.69) is 33.1 Å². The highest BCUT2D eigenvalue weighted by Gasteiger charge is 2.20. The molecule has 0 atom stereocenters. The number of rotatable bonds is 5. The van der Waals surface area contributed by atoms with Gasteiger partial charge in [0, 0.05) is 41.6 Å². The second kappa shape index (κ2) is 10.7. The third-order valence-electron chi connectivity index (χ3n) is 5.33. The number of pyridine rings is 3. The van der Waals surface area contributed by atoms with E-state index in [0.717, 1.165) is 71.0 Å². The number of hydrogen-bond donors (Lipinski definition) is 2. The van der Waals surface area contributed by atoms with Crippen LogP contribution in [-0.4, -0.2) is 41.7 Å². The molecule has 5 rings (SSSR count). The van der Waals surface area contributed by atoms with Crippen LogP contribution in [0.1, 0.15) is 12.0 Å². The van der Waals surface area contributed by atoms with Crippen LogP contribution in [0.5, 0.6) is 5.75 Å². The third-order valence-corrected chi connectivity index (χ3v) is 5.33. The van der Waals surface area contributed by atoms with Crippen LogP contribution in [0.3, 0.4) is 0 Å². The van der Waals surface area contributed by atoms with E-state index < -0.39 is 0 Å². The lowest BCUT2D eigenvalue weighted by molar-refractivity contribution is 0.415. The lowest BCUT2D eigenvalue weighted by atomic mass is 10.1. The van der Waals surface area contributed by atoms with E-state index >= 15 is 0 Å². The smallest absolute Gasteiger partial charge is 0.143 e. The maximum Gasteiger partial charge on any atom is 0.143 e. The molecule has 0 spiro atoms. The van der Waals surface area contributed by atoms with Crippen molar-refractivity contribution in [3.8, 4) is 17.0 Å². The first-order valence-corrected chi connectivity index (χ1v) is 10.9. The van der Waals surface area contributed by atoms with E-state index in [4.69, 9.17) is 21.2 Å². The Bertz CT molecular complexity index is 1240. The topological polar surface area (TPSA) is 103 Å². The molecule has 0 radical (unpaired) electrons. The molecule has 1 aromatic carbocycles. The third kappa shape index (κ3) is 5.00. The fourth-order valence-corrected chi connectivity index (χ4v) is 3.65. The first kappa shape index (κ1) is 22.4. The first-order valence-electron chi connectivity index (χ1n) is 10.9. The predicted molar refractivity (Wildman–Crippen MR) is 135 cm³/mol. The van der Waals surface area contributed by atoms with Crippen molar-refractivity contribution < 1.29 is 4.74 Å². The summed E-state index contributed by atoms with van der Waals surface area (Å²) < 4.78 is 5.28. The molecule has 7 nitrogen and oxygen atoms in total. The van der Waals surface area contributed by atoms with E-state index in [0.29, 0.717) is 0 Å². The largest absolute Gasteiger partial charge is 0.497 e. The molecule has 3 aromatic heterocycles. The number of nitrogens with zero attached hydrogens (tertiary/aromatic N) is 4. The Morgan fingerprint density at radius 3 is 2.58 bits per heavy atom. The van der Waals surface area contributed by atoms with E-state index in [1.807, 2.05) is 61.1 Å². The Morgan fingerprint density at radius 2 is 1.85 bits per heavy atom. The monoisotopic (exact) mass is 440 g/mol. The van der Waals surface area contributed by atoms with Crippen LogP contribution >= 0.6 is 0 Å². The molecule has 0 unspecified atom stereocenters. The fraction of sp³-hybridized carbons (Fsp3) is 0.192. The minimum Gasteiger partial charge on any atom is -0.497 e. The average Bonchev–Trinajstić information content (AvgIpc) is 2.88. The number of benzene rings is 1. The quantitative estimate of drug-likeness (QED) is 0.480. The summed E-state index contributed by atoms with van der Waals surface area (Å²) in [6.07, 6.45) is 10.7. The molecule has 0 amide bonds. The molecule has 4 N–H and O–H groups in total. The van der Waals surface area contributed by atoms with Gasteiger partial charge in [0.2, 0.25) is 0 Å². The highest BCUT2D eigenvalue weighted by molar-refractivity contribution is 5.95. The van der Waals surface area contributed by atoms with Gasteiger partial charge in [-0.1, -0.05) is 12.2 Å². The van der Waals surface area contributed by atoms with Crippen LogP contribution in [0.4, 0.5) is 11.5 Å². The second-order valence-electron chi connectivity index (χ2n) is 7.51. The summed E-state index contributed by atoms with van der Waals surface area (Å²) in [5.41, 5.74) is 15.1. The minimum absolute atomic E-state index is 0.719. The molecule has 4 aromatic rings. The predicted octanol–water partition coefficient (Wildman–Crippen LogP) is 4.16. The molecule has 0 saturated carbocycles. The van der Waals surface area contributed by atoms with Gasteiger partial charge >= 0.3 is 0 Å². The second-order valence-corrected chi connectivity index (χ2v) is 7.51. The molecule has 0 saturated heterocycles. The SMILES string of the molecule is COc1ccc(-c2cc3ncccc3c(N3CC=Cc4cnccc43)n2)cc1.NCCCN. The first-order chi connectivity index (χ1) is 16.2. The van der Waals surface area contributed by atoms with Crippen molar-refractivity contribution in [1.29, 1.82) is 0 Å². The lowest BCUT2D eigenvalue weighted by Crippen LogP contribution is -2.22. The van der Waals surface area contributed by atoms with Crippen LogP contribution in [0, 0.1) is 0 Å². The zero-order valence-corrected chi connectivity index (χ0v) is 18.7. The molecule has 7 heteroatoms. The van der Waals surface area contributed by atoms with E-state index in [-0.39, 0.29) is 0 Å². The van der Waals surface area contributed by atoms with Crippen molar-refractivity contribution in [3.05, 3.63) is 78.8 Å². The summed E-state index contributed by atoms with van der Waals surface area (Å²) in [7, 11) is 1.67. The zero-order chi connectivity index (χ0) is 23.0. The number of nitrogens with two attached hydrogens (primary N) is 2. The molecule has 0 bridgehead atoms. The van der Waals surface area contributed by atoms with Gasteiger partial charge in [0.1, 0.15) is 11.6 Å². The summed E-state index contributed by atoms with van der Waals surface area (Å²) >= 11 is 0. The van der Waals surface area contributed by atoms with Crippen molar-refractivity contribution in [1.82, 2.24) is 15.0 Å². The molecule has 33 heavy (non-hydrogen) atoms. The molecule has 1 aliphatic heterocycles. The Kier molecular flexibility index (Phi) is 7.24. The summed E-state index contributed by atoms with van der Waals surface area (Å²) in [5, 5.41) is 1.03. The normalized spacial score (nSPS) is 12.2. The van der Waals surface area contributed by atoms with Crippen molar-refractivity contribution >= 4 is 28.5 Å². The van der Waals surface area contributed by atoms with Gasteiger partial charge in [-0.2, -0.15) is 0 Å². The summed E-state index contributed by atoms with van der Waals surface area (Å²) in [6.45, 7) is 2.19. The minimum atomic E-state index is 0.719. The van der Waals surface area contributed by atoms with Crippen LogP contribution < -0.4 is 21.1 Å². The fourth-order valence-electron chi connectivity index (χ4n) is 3.65. The average molecular weight is 441 g/mol. The molecular formula is C26H28N6O. The van der Waals surface area contributed by atoms with Crippen molar-refractivity contribution in [2.45, 2.75) is 6.42 Å². The number of aromatic nitrogens is 3. The van der Waals surface area contributed by atoms with Gasteiger partial charge in [-0.3, -0.25) is 9.97 Å². The highest BCUT2D eigenvalue weighted by atomic mass is 16.5. The molecule has 168 valence electrons. The maximum absolute atomic E-state index is 5.28. The van der Waals surface area contributed by atoms with Crippen molar-refractivity contribution in [2.24, 2.45) is 11.5 Å².